The molecule has 30 heavy (non-hydrogen) atoms. The average molecular weight is 424 g/mol. The molecule has 4 rings (SSSR count). The molecule has 1 aromatic heterocycles. The monoisotopic (exact) mass is 423 g/mol. The van der Waals surface area contributed by atoms with Gasteiger partial charge in [0.15, 0.2) is 11.4 Å². The zero-order valence-electron chi connectivity index (χ0n) is 16.8. The number of carbonyl (C=O) groups excluding carboxylic acids is 2. The van der Waals surface area contributed by atoms with Gasteiger partial charge in [-0.1, -0.05) is 41.9 Å². The third kappa shape index (κ3) is 3.44. The first-order valence-electron chi connectivity index (χ1n) is 9.77. The van der Waals surface area contributed by atoms with Crippen LogP contribution in [0.2, 0.25) is 5.02 Å². The summed E-state index contributed by atoms with van der Waals surface area (Å²) >= 11 is 6.16. The maximum absolute atomic E-state index is 13.3. The zero-order valence-corrected chi connectivity index (χ0v) is 17.6. The number of aryl methyl sites for hydroxylation is 2. The Hall–Kier alpha value is -2.89. The summed E-state index contributed by atoms with van der Waals surface area (Å²) in [6, 6.07) is 14.8. The number of furan rings is 1. The topological polar surface area (TPSA) is 70.7 Å². The summed E-state index contributed by atoms with van der Waals surface area (Å²) in [6.07, 6.45) is 1.75. The van der Waals surface area contributed by atoms with Crippen molar-refractivity contribution in [1.82, 2.24) is 0 Å². The molecule has 0 fully saturated rings. The van der Waals surface area contributed by atoms with Gasteiger partial charge >= 0.3 is 0 Å². The third-order valence-electron chi connectivity index (χ3n) is 5.61. The summed E-state index contributed by atoms with van der Waals surface area (Å²) in [7, 11) is 0. The Kier molecular flexibility index (Phi) is 5.26. The summed E-state index contributed by atoms with van der Waals surface area (Å²) in [5.41, 5.74) is 1.14. The maximum Gasteiger partial charge on any atom is 0.264 e. The lowest BCUT2D eigenvalue weighted by Crippen LogP contribution is -2.42. The number of benzene rings is 2. The van der Waals surface area contributed by atoms with E-state index in [1.165, 1.54) is 6.26 Å². The molecule has 5 nitrogen and oxygen atoms in total. The lowest BCUT2D eigenvalue weighted by Gasteiger charge is -2.23. The van der Waals surface area contributed by atoms with Gasteiger partial charge in [0.1, 0.15) is 5.76 Å². The molecule has 0 spiro atoms. The van der Waals surface area contributed by atoms with E-state index < -0.39 is 11.5 Å². The number of ketones is 1. The van der Waals surface area contributed by atoms with E-state index in [-0.39, 0.29) is 12.2 Å². The number of rotatable bonds is 6. The molecule has 1 aliphatic heterocycles. The summed E-state index contributed by atoms with van der Waals surface area (Å²) in [6.45, 7) is 3.84. The summed E-state index contributed by atoms with van der Waals surface area (Å²) in [5, 5.41) is 11.9. The molecule has 0 aliphatic carbocycles. The third-order valence-corrected chi connectivity index (χ3v) is 5.85. The number of aliphatic hydroxyl groups is 1. The molecule has 0 saturated carbocycles. The van der Waals surface area contributed by atoms with Gasteiger partial charge in [-0.25, -0.2) is 0 Å². The fourth-order valence-corrected chi connectivity index (χ4v) is 4.28. The van der Waals surface area contributed by atoms with E-state index >= 15 is 0 Å². The van der Waals surface area contributed by atoms with E-state index in [1.807, 2.05) is 30.3 Å². The van der Waals surface area contributed by atoms with Crippen molar-refractivity contribution in [3.63, 3.8) is 0 Å². The van der Waals surface area contributed by atoms with Crippen LogP contribution in [0.4, 0.5) is 5.69 Å². The van der Waals surface area contributed by atoms with Crippen LogP contribution in [0.5, 0.6) is 0 Å². The van der Waals surface area contributed by atoms with Crippen molar-refractivity contribution < 1.29 is 19.1 Å². The van der Waals surface area contributed by atoms with Gasteiger partial charge in [-0.05, 0) is 49.6 Å². The van der Waals surface area contributed by atoms with E-state index in [0.29, 0.717) is 46.1 Å². The van der Waals surface area contributed by atoms with Crippen LogP contribution in [0, 0.1) is 13.8 Å². The molecule has 1 aliphatic rings. The number of Topliss-reactive ketones (excluding diaryl/α,β-unsaturated/α-hetero) is 1. The molecule has 3 aromatic rings. The highest BCUT2D eigenvalue weighted by atomic mass is 35.5. The van der Waals surface area contributed by atoms with Gasteiger partial charge < -0.3 is 14.4 Å². The van der Waals surface area contributed by atoms with Crippen LogP contribution in [0.3, 0.4) is 0 Å². The van der Waals surface area contributed by atoms with Gasteiger partial charge in [0, 0.05) is 17.1 Å². The maximum atomic E-state index is 13.3. The minimum Gasteiger partial charge on any atom is -0.469 e. The average Bonchev–Trinajstić information content (AvgIpc) is 3.16. The van der Waals surface area contributed by atoms with Crippen molar-refractivity contribution in [2.45, 2.75) is 32.3 Å². The molecular weight excluding hydrogens is 402 g/mol. The fourth-order valence-electron chi connectivity index (χ4n) is 4.11. The Bertz CT molecular complexity index is 1100. The predicted molar refractivity (Wildman–Crippen MR) is 115 cm³/mol. The van der Waals surface area contributed by atoms with Crippen molar-refractivity contribution in [1.29, 1.82) is 0 Å². The Morgan fingerprint density at radius 1 is 1.17 bits per heavy atom. The van der Waals surface area contributed by atoms with E-state index in [1.54, 1.807) is 36.9 Å². The minimum atomic E-state index is -1.97. The fraction of sp³-hybridized carbons (Fsp3) is 0.250. The van der Waals surface area contributed by atoms with Crippen LogP contribution >= 0.6 is 11.6 Å². The number of anilines is 1. The molecule has 0 bridgehead atoms. The number of hydrogen-bond donors (Lipinski definition) is 1. The van der Waals surface area contributed by atoms with Crippen LogP contribution in [0.15, 0.2) is 59.2 Å². The van der Waals surface area contributed by atoms with Gasteiger partial charge in [0.25, 0.3) is 5.91 Å². The molecule has 6 heteroatoms. The Morgan fingerprint density at radius 2 is 1.90 bits per heavy atom. The molecule has 0 saturated heterocycles. The van der Waals surface area contributed by atoms with E-state index in [2.05, 4.69) is 0 Å². The highest BCUT2D eigenvalue weighted by Gasteiger charge is 2.51. The largest absolute Gasteiger partial charge is 0.469 e. The van der Waals surface area contributed by atoms with Crippen molar-refractivity contribution in [3.05, 3.63) is 87.8 Å². The number of halogens is 1. The van der Waals surface area contributed by atoms with E-state index in [0.717, 1.165) is 5.56 Å². The number of carbonyl (C=O) groups is 2. The summed E-state index contributed by atoms with van der Waals surface area (Å²) < 4.78 is 5.32. The summed E-state index contributed by atoms with van der Waals surface area (Å²) in [4.78, 5) is 27.9. The smallest absolute Gasteiger partial charge is 0.264 e. The van der Waals surface area contributed by atoms with Crippen molar-refractivity contribution in [2.75, 3.05) is 11.4 Å². The molecule has 154 valence electrons. The van der Waals surface area contributed by atoms with Crippen molar-refractivity contribution in [2.24, 2.45) is 0 Å². The highest BCUT2D eigenvalue weighted by molar-refractivity contribution is 6.31. The number of hydrogen-bond acceptors (Lipinski definition) is 4. The van der Waals surface area contributed by atoms with E-state index in [9.17, 15) is 14.7 Å². The first-order valence-corrected chi connectivity index (χ1v) is 10.2. The second kappa shape index (κ2) is 7.74. The van der Waals surface area contributed by atoms with Gasteiger partial charge in [0.05, 0.1) is 23.9 Å². The highest BCUT2D eigenvalue weighted by Crippen LogP contribution is 2.44. The molecule has 1 atom stereocenters. The van der Waals surface area contributed by atoms with Crippen LogP contribution in [-0.2, 0) is 16.8 Å². The van der Waals surface area contributed by atoms with Crippen LogP contribution in [0.1, 0.15) is 39.2 Å². The normalized spacial score (nSPS) is 18.0. The minimum absolute atomic E-state index is 0.342. The molecule has 1 amide bonds. The molecule has 1 N–H and O–H groups in total. The molecule has 2 aromatic carbocycles. The number of fused-ring (bicyclic) bond motifs is 1. The zero-order chi connectivity index (χ0) is 21.5. The molecular formula is C24H22ClNO4. The number of nitrogens with zero attached hydrogens (tertiary/aromatic N) is 1. The Labute approximate surface area is 179 Å². The lowest BCUT2D eigenvalue weighted by molar-refractivity contribution is -0.135. The van der Waals surface area contributed by atoms with Crippen LogP contribution in [0.25, 0.3) is 0 Å². The molecule has 0 radical (unpaired) electrons. The second-order valence-electron chi connectivity index (χ2n) is 7.66. The van der Waals surface area contributed by atoms with Gasteiger partial charge in [-0.3, -0.25) is 9.59 Å². The van der Waals surface area contributed by atoms with Crippen molar-refractivity contribution >= 4 is 29.0 Å². The summed E-state index contributed by atoms with van der Waals surface area (Å²) in [5.74, 6) is -0.382. The Morgan fingerprint density at radius 3 is 2.57 bits per heavy atom. The van der Waals surface area contributed by atoms with Crippen LogP contribution in [-0.4, -0.2) is 23.3 Å². The molecule has 2 heterocycles. The predicted octanol–water partition coefficient (Wildman–Crippen LogP) is 4.60. The number of amides is 1. The Balaban J connectivity index is 1.67. The van der Waals surface area contributed by atoms with E-state index in [4.69, 9.17) is 16.0 Å². The quantitative estimate of drug-likeness (QED) is 0.588. The first-order chi connectivity index (χ1) is 14.3. The molecule has 0 unspecified atom stereocenters. The lowest BCUT2D eigenvalue weighted by atomic mass is 9.87. The van der Waals surface area contributed by atoms with Crippen LogP contribution < -0.4 is 4.90 Å². The van der Waals surface area contributed by atoms with Crippen molar-refractivity contribution in [3.8, 4) is 0 Å². The van der Waals surface area contributed by atoms with Gasteiger partial charge in [-0.2, -0.15) is 0 Å². The SMILES string of the molecule is Cc1coc(C)c1C(=O)C[C@@]1(O)C(=O)N(CCc2ccccc2)c2ccc(Cl)cc21. The van der Waals surface area contributed by atoms with Gasteiger partial charge in [-0.15, -0.1) is 0 Å². The second-order valence-corrected chi connectivity index (χ2v) is 8.10. The standard InChI is InChI=1S/C24H22ClNO4/c1-15-14-30-16(2)22(15)21(27)13-24(29)19-12-18(25)8-9-20(19)26(23(24)28)11-10-17-6-4-3-5-7-17/h3-9,12,14,29H,10-11,13H2,1-2H3/t24-/m0/s1. The first kappa shape index (κ1) is 20.4. The van der Waals surface area contributed by atoms with Gasteiger partial charge in [0.2, 0.25) is 0 Å².